The lowest BCUT2D eigenvalue weighted by molar-refractivity contribution is 0.302. The molecule has 0 radical (unpaired) electrons. The van der Waals surface area contributed by atoms with Gasteiger partial charge in [-0.05, 0) is 37.6 Å². The smallest absolute Gasteiger partial charge is 0.137 e. The topological polar surface area (TPSA) is 47.0 Å². The zero-order chi connectivity index (χ0) is 15.4. The van der Waals surface area contributed by atoms with Gasteiger partial charge in [-0.1, -0.05) is 30.3 Å². The first-order chi connectivity index (χ1) is 10.7. The summed E-state index contributed by atoms with van der Waals surface area (Å²) in [5.41, 5.74) is 2.08. The molecule has 1 atom stereocenters. The lowest BCUT2D eigenvalue weighted by Crippen LogP contribution is -2.24. The first-order valence-corrected chi connectivity index (χ1v) is 7.39. The Kier molecular flexibility index (Phi) is 4.19. The molecule has 2 aromatic carbocycles. The Bertz CT molecular complexity index is 768. The quantitative estimate of drug-likeness (QED) is 0.777. The van der Waals surface area contributed by atoms with Crippen LogP contribution in [0.3, 0.4) is 0 Å². The second kappa shape index (κ2) is 6.43. The van der Waals surface area contributed by atoms with Crippen LogP contribution in [0.5, 0.6) is 5.75 Å². The predicted molar refractivity (Wildman–Crippen MR) is 89.3 cm³/mol. The minimum atomic E-state index is 0.137. The van der Waals surface area contributed by atoms with Gasteiger partial charge in [0.2, 0.25) is 0 Å². The highest BCUT2D eigenvalue weighted by Gasteiger charge is 2.08. The third-order valence-corrected chi connectivity index (χ3v) is 3.51. The molecule has 1 heterocycles. The van der Waals surface area contributed by atoms with Crippen LogP contribution in [0.4, 0.5) is 5.82 Å². The van der Waals surface area contributed by atoms with Crippen molar-refractivity contribution >= 4 is 16.7 Å². The summed E-state index contributed by atoms with van der Waals surface area (Å²) < 4.78 is 5.88. The minimum absolute atomic E-state index is 0.137. The summed E-state index contributed by atoms with van der Waals surface area (Å²) in [5, 5.41) is 4.42. The number of ether oxygens (including phenoxy) is 1. The average molecular weight is 293 g/mol. The monoisotopic (exact) mass is 293 g/mol. The first kappa shape index (κ1) is 14.3. The summed E-state index contributed by atoms with van der Waals surface area (Å²) in [6.07, 6.45) is 1.58. The van der Waals surface area contributed by atoms with E-state index in [2.05, 4.69) is 22.2 Å². The molecular weight excluding hydrogens is 274 g/mol. The number of anilines is 1. The maximum Gasteiger partial charge on any atom is 0.137 e. The standard InChI is InChI=1S/C18H19N3O/c1-13-7-3-6-10-17(13)22-11-14(2)21-18-15-8-4-5-9-16(15)19-12-20-18/h3-10,12,14H,11H2,1-2H3,(H,19,20,21). The van der Waals surface area contributed by atoms with E-state index in [0.29, 0.717) is 6.61 Å². The van der Waals surface area contributed by atoms with Gasteiger partial charge in [-0.3, -0.25) is 0 Å². The molecule has 4 heteroatoms. The summed E-state index contributed by atoms with van der Waals surface area (Å²) >= 11 is 0. The molecule has 4 nitrogen and oxygen atoms in total. The molecule has 0 saturated carbocycles. The fourth-order valence-corrected chi connectivity index (χ4v) is 2.33. The molecule has 0 fully saturated rings. The number of benzene rings is 2. The van der Waals surface area contributed by atoms with Crippen LogP contribution in [0, 0.1) is 6.92 Å². The second-order valence-corrected chi connectivity index (χ2v) is 5.36. The molecule has 0 amide bonds. The molecule has 0 spiro atoms. The van der Waals surface area contributed by atoms with Crippen LogP contribution >= 0.6 is 0 Å². The van der Waals surface area contributed by atoms with Crippen molar-refractivity contribution in [1.82, 2.24) is 9.97 Å². The van der Waals surface area contributed by atoms with Crippen molar-refractivity contribution in [3.63, 3.8) is 0 Å². The number of hydrogen-bond acceptors (Lipinski definition) is 4. The van der Waals surface area contributed by atoms with Gasteiger partial charge >= 0.3 is 0 Å². The highest BCUT2D eigenvalue weighted by atomic mass is 16.5. The normalized spacial score (nSPS) is 12.1. The van der Waals surface area contributed by atoms with E-state index >= 15 is 0 Å². The fourth-order valence-electron chi connectivity index (χ4n) is 2.33. The number of aromatic nitrogens is 2. The van der Waals surface area contributed by atoms with E-state index in [9.17, 15) is 0 Å². The molecule has 3 aromatic rings. The third-order valence-electron chi connectivity index (χ3n) is 3.51. The summed E-state index contributed by atoms with van der Waals surface area (Å²) in [6, 6.07) is 16.1. The van der Waals surface area contributed by atoms with E-state index < -0.39 is 0 Å². The molecule has 0 saturated heterocycles. The number of fused-ring (bicyclic) bond motifs is 1. The number of rotatable bonds is 5. The Morgan fingerprint density at radius 1 is 1.05 bits per heavy atom. The van der Waals surface area contributed by atoms with Crippen LogP contribution < -0.4 is 10.1 Å². The Morgan fingerprint density at radius 2 is 1.82 bits per heavy atom. The van der Waals surface area contributed by atoms with Crippen molar-refractivity contribution in [3.05, 3.63) is 60.4 Å². The lowest BCUT2D eigenvalue weighted by Gasteiger charge is -2.17. The Hall–Kier alpha value is -2.62. The second-order valence-electron chi connectivity index (χ2n) is 5.36. The van der Waals surface area contributed by atoms with Crippen LogP contribution in [0.1, 0.15) is 12.5 Å². The van der Waals surface area contributed by atoms with Crippen molar-refractivity contribution in [2.75, 3.05) is 11.9 Å². The van der Waals surface area contributed by atoms with E-state index in [0.717, 1.165) is 28.0 Å². The molecule has 3 rings (SSSR count). The van der Waals surface area contributed by atoms with E-state index in [-0.39, 0.29) is 6.04 Å². The number of aryl methyl sites for hydroxylation is 1. The zero-order valence-corrected chi connectivity index (χ0v) is 12.8. The predicted octanol–water partition coefficient (Wildman–Crippen LogP) is 3.82. The van der Waals surface area contributed by atoms with E-state index in [1.54, 1.807) is 6.33 Å². The molecule has 0 aliphatic carbocycles. The van der Waals surface area contributed by atoms with Crippen molar-refractivity contribution in [2.45, 2.75) is 19.9 Å². The van der Waals surface area contributed by atoms with Gasteiger partial charge in [0.05, 0.1) is 11.6 Å². The highest BCUT2D eigenvalue weighted by molar-refractivity contribution is 5.88. The highest BCUT2D eigenvalue weighted by Crippen LogP contribution is 2.20. The largest absolute Gasteiger partial charge is 0.491 e. The SMILES string of the molecule is Cc1ccccc1OCC(C)Nc1ncnc2ccccc12. The van der Waals surface area contributed by atoms with Crippen LogP contribution in [0.25, 0.3) is 10.9 Å². The maximum atomic E-state index is 5.88. The van der Waals surface area contributed by atoms with Gasteiger partial charge in [0.15, 0.2) is 0 Å². The third kappa shape index (κ3) is 3.17. The molecule has 0 bridgehead atoms. The summed E-state index contributed by atoms with van der Waals surface area (Å²) in [6.45, 7) is 4.70. The molecule has 0 aliphatic heterocycles. The van der Waals surface area contributed by atoms with Crippen LogP contribution in [0.15, 0.2) is 54.9 Å². The Labute approximate surface area is 130 Å². The van der Waals surface area contributed by atoms with E-state index in [1.807, 2.05) is 55.5 Å². The number of nitrogens with zero attached hydrogens (tertiary/aromatic N) is 2. The molecule has 0 aliphatic rings. The Morgan fingerprint density at radius 3 is 2.68 bits per heavy atom. The maximum absolute atomic E-state index is 5.88. The zero-order valence-electron chi connectivity index (χ0n) is 12.8. The molecule has 1 unspecified atom stereocenters. The summed E-state index contributed by atoms with van der Waals surface area (Å²) in [4.78, 5) is 8.61. The van der Waals surface area contributed by atoms with Crippen LogP contribution in [-0.4, -0.2) is 22.6 Å². The van der Waals surface area contributed by atoms with Crippen molar-refractivity contribution in [2.24, 2.45) is 0 Å². The van der Waals surface area contributed by atoms with Crippen molar-refractivity contribution < 1.29 is 4.74 Å². The van der Waals surface area contributed by atoms with Gasteiger partial charge in [0.1, 0.15) is 24.5 Å². The molecule has 1 aromatic heterocycles. The van der Waals surface area contributed by atoms with Gasteiger partial charge < -0.3 is 10.1 Å². The lowest BCUT2D eigenvalue weighted by atomic mass is 10.2. The van der Waals surface area contributed by atoms with Crippen molar-refractivity contribution in [1.29, 1.82) is 0 Å². The molecule has 112 valence electrons. The van der Waals surface area contributed by atoms with Gasteiger partial charge in [-0.25, -0.2) is 9.97 Å². The van der Waals surface area contributed by atoms with Crippen LogP contribution in [0.2, 0.25) is 0 Å². The molecule has 1 N–H and O–H groups in total. The molecular formula is C18H19N3O. The summed E-state index contributed by atoms with van der Waals surface area (Å²) in [5.74, 6) is 1.76. The van der Waals surface area contributed by atoms with Gasteiger partial charge in [-0.2, -0.15) is 0 Å². The van der Waals surface area contributed by atoms with Gasteiger partial charge in [0.25, 0.3) is 0 Å². The fraction of sp³-hybridized carbons (Fsp3) is 0.222. The number of para-hydroxylation sites is 2. The van der Waals surface area contributed by atoms with Gasteiger partial charge in [0, 0.05) is 5.39 Å². The van der Waals surface area contributed by atoms with Crippen LogP contribution in [-0.2, 0) is 0 Å². The Balaban J connectivity index is 1.68. The summed E-state index contributed by atoms with van der Waals surface area (Å²) in [7, 11) is 0. The minimum Gasteiger partial charge on any atom is -0.491 e. The number of hydrogen-bond donors (Lipinski definition) is 1. The molecule has 22 heavy (non-hydrogen) atoms. The van der Waals surface area contributed by atoms with E-state index in [4.69, 9.17) is 4.74 Å². The van der Waals surface area contributed by atoms with Crippen molar-refractivity contribution in [3.8, 4) is 5.75 Å². The van der Waals surface area contributed by atoms with E-state index in [1.165, 1.54) is 0 Å². The average Bonchev–Trinajstić information content (AvgIpc) is 2.54. The first-order valence-electron chi connectivity index (χ1n) is 7.39. The van der Waals surface area contributed by atoms with Gasteiger partial charge in [-0.15, -0.1) is 0 Å². The number of nitrogens with one attached hydrogen (secondary N) is 1.